The van der Waals surface area contributed by atoms with Crippen molar-refractivity contribution in [2.45, 2.75) is 32.2 Å². The highest BCUT2D eigenvalue weighted by atomic mass is 16.5. The molecule has 0 bridgehead atoms. The Hall–Kier alpha value is -1.13. The van der Waals surface area contributed by atoms with Crippen molar-refractivity contribution in [1.29, 1.82) is 0 Å². The predicted octanol–water partition coefficient (Wildman–Crippen LogP) is 1.36. The average molecular weight is 249 g/mol. The Bertz CT molecular complexity index is 404. The molecule has 0 amide bonds. The Balaban J connectivity index is 1.98. The molecule has 100 valence electrons. The average Bonchev–Trinajstić information content (AvgIpc) is 2.80. The van der Waals surface area contributed by atoms with Crippen molar-refractivity contribution in [2.24, 2.45) is 5.73 Å². The van der Waals surface area contributed by atoms with Crippen LogP contribution < -0.4 is 10.5 Å². The molecule has 1 aliphatic carbocycles. The normalized spacial score (nSPS) is 14.0. The topological polar surface area (TPSA) is 51.4 Å². The first kappa shape index (κ1) is 13.3. The molecule has 0 atom stereocenters. The van der Waals surface area contributed by atoms with E-state index in [1.807, 2.05) is 0 Å². The summed E-state index contributed by atoms with van der Waals surface area (Å²) in [5, 5.41) is 0. The van der Waals surface area contributed by atoms with E-state index in [9.17, 15) is 0 Å². The highest BCUT2D eigenvalue weighted by molar-refractivity contribution is 5.36. The minimum Gasteiger partial charge on any atom is -0.477 e. The zero-order chi connectivity index (χ0) is 13.0. The quantitative estimate of drug-likeness (QED) is 0.773. The van der Waals surface area contributed by atoms with Crippen molar-refractivity contribution < 1.29 is 4.74 Å². The zero-order valence-corrected chi connectivity index (χ0v) is 11.4. The smallest absolute Gasteiger partial charge is 0.218 e. The molecule has 0 radical (unpaired) electrons. The fraction of sp³-hybridized carbons (Fsp3) is 0.643. The van der Waals surface area contributed by atoms with Gasteiger partial charge in [0.25, 0.3) is 0 Å². The molecule has 0 unspecified atom stereocenters. The molecule has 0 saturated carbocycles. The molecule has 2 rings (SSSR count). The van der Waals surface area contributed by atoms with Gasteiger partial charge in [-0.15, -0.1) is 0 Å². The monoisotopic (exact) mass is 249 g/mol. The summed E-state index contributed by atoms with van der Waals surface area (Å²) in [6, 6.07) is 2.18. The minimum absolute atomic E-state index is 0.503. The summed E-state index contributed by atoms with van der Waals surface area (Å²) in [4.78, 5) is 6.78. The van der Waals surface area contributed by atoms with Crippen molar-refractivity contribution in [3.8, 4) is 5.88 Å². The minimum atomic E-state index is 0.503. The van der Waals surface area contributed by atoms with Gasteiger partial charge in [-0.05, 0) is 51.4 Å². The summed E-state index contributed by atoms with van der Waals surface area (Å²) < 4.78 is 5.79. The van der Waals surface area contributed by atoms with E-state index in [1.165, 1.54) is 17.7 Å². The van der Waals surface area contributed by atoms with Gasteiger partial charge in [-0.3, -0.25) is 0 Å². The Morgan fingerprint density at radius 2 is 2.22 bits per heavy atom. The van der Waals surface area contributed by atoms with Crippen molar-refractivity contribution in [3.63, 3.8) is 0 Å². The lowest BCUT2D eigenvalue weighted by Gasteiger charge is -2.13. The highest BCUT2D eigenvalue weighted by Crippen LogP contribution is 2.26. The molecule has 1 aromatic heterocycles. The van der Waals surface area contributed by atoms with Crippen molar-refractivity contribution in [2.75, 3.05) is 27.2 Å². The summed E-state index contributed by atoms with van der Waals surface area (Å²) in [7, 11) is 4.14. The fourth-order valence-electron chi connectivity index (χ4n) is 2.32. The number of aromatic nitrogens is 1. The van der Waals surface area contributed by atoms with Crippen LogP contribution in [0.2, 0.25) is 0 Å². The molecule has 4 heteroatoms. The lowest BCUT2D eigenvalue weighted by molar-refractivity contribution is 0.270. The summed E-state index contributed by atoms with van der Waals surface area (Å²) in [6.07, 6.45) is 4.43. The van der Waals surface area contributed by atoms with Crippen LogP contribution >= 0.6 is 0 Å². The molecular weight excluding hydrogens is 226 g/mol. The van der Waals surface area contributed by atoms with Gasteiger partial charge in [0.2, 0.25) is 5.88 Å². The second-order valence-corrected chi connectivity index (χ2v) is 5.12. The third kappa shape index (κ3) is 3.21. The van der Waals surface area contributed by atoms with Crippen LogP contribution in [0.4, 0.5) is 0 Å². The lowest BCUT2D eigenvalue weighted by Crippen LogP contribution is -2.16. The number of nitrogens with zero attached hydrogens (tertiary/aromatic N) is 2. The van der Waals surface area contributed by atoms with Crippen LogP contribution in [-0.4, -0.2) is 37.1 Å². The molecule has 18 heavy (non-hydrogen) atoms. The summed E-state index contributed by atoms with van der Waals surface area (Å²) >= 11 is 0. The molecule has 0 saturated heterocycles. The van der Waals surface area contributed by atoms with Gasteiger partial charge < -0.3 is 15.4 Å². The standard InChI is InChI=1S/C14H23N3O/c1-17(2)7-4-8-18-14-12(10-15)9-11-5-3-6-13(11)16-14/h9H,3-8,10,15H2,1-2H3. The largest absolute Gasteiger partial charge is 0.477 e. The van der Waals surface area contributed by atoms with E-state index < -0.39 is 0 Å². The fourth-order valence-corrected chi connectivity index (χ4v) is 2.32. The van der Waals surface area contributed by atoms with Gasteiger partial charge >= 0.3 is 0 Å². The predicted molar refractivity (Wildman–Crippen MR) is 72.8 cm³/mol. The molecule has 1 aliphatic rings. The van der Waals surface area contributed by atoms with Crippen LogP contribution in [0.1, 0.15) is 29.7 Å². The Labute approximate surface area is 109 Å². The van der Waals surface area contributed by atoms with Crippen LogP contribution in [0.5, 0.6) is 5.88 Å². The first-order chi connectivity index (χ1) is 8.70. The number of hydrogen-bond donors (Lipinski definition) is 1. The number of ether oxygens (including phenoxy) is 1. The number of nitrogens with two attached hydrogens (primary N) is 1. The zero-order valence-electron chi connectivity index (χ0n) is 11.4. The Morgan fingerprint density at radius 3 is 2.94 bits per heavy atom. The molecular formula is C14H23N3O. The molecule has 0 aliphatic heterocycles. The van der Waals surface area contributed by atoms with Crippen molar-refractivity contribution in [3.05, 3.63) is 22.9 Å². The molecule has 2 N–H and O–H groups in total. The first-order valence-electron chi connectivity index (χ1n) is 6.70. The molecule has 1 aromatic rings. The molecule has 0 aromatic carbocycles. The van der Waals surface area contributed by atoms with E-state index in [-0.39, 0.29) is 0 Å². The lowest BCUT2D eigenvalue weighted by atomic mass is 10.1. The van der Waals surface area contributed by atoms with Crippen LogP contribution in [0.3, 0.4) is 0 Å². The number of rotatable bonds is 6. The summed E-state index contributed by atoms with van der Waals surface area (Å²) in [5.74, 6) is 0.747. The summed E-state index contributed by atoms with van der Waals surface area (Å²) in [5.41, 5.74) is 9.37. The van der Waals surface area contributed by atoms with E-state index in [0.717, 1.165) is 37.3 Å². The molecule has 4 nitrogen and oxygen atoms in total. The third-order valence-corrected chi connectivity index (χ3v) is 3.30. The van der Waals surface area contributed by atoms with E-state index in [4.69, 9.17) is 10.5 Å². The van der Waals surface area contributed by atoms with Crippen molar-refractivity contribution >= 4 is 0 Å². The Kier molecular flexibility index (Phi) is 4.55. The maximum absolute atomic E-state index is 5.79. The van der Waals surface area contributed by atoms with Gasteiger partial charge in [0.1, 0.15) is 0 Å². The van der Waals surface area contributed by atoms with E-state index in [0.29, 0.717) is 13.2 Å². The maximum Gasteiger partial charge on any atom is 0.218 e. The van der Waals surface area contributed by atoms with Crippen LogP contribution in [0.25, 0.3) is 0 Å². The van der Waals surface area contributed by atoms with Gasteiger partial charge in [-0.1, -0.05) is 0 Å². The van der Waals surface area contributed by atoms with E-state index in [1.54, 1.807) is 0 Å². The maximum atomic E-state index is 5.79. The Morgan fingerprint density at radius 1 is 1.39 bits per heavy atom. The van der Waals surface area contributed by atoms with Crippen LogP contribution in [-0.2, 0) is 19.4 Å². The van der Waals surface area contributed by atoms with Gasteiger partial charge in [0, 0.05) is 24.3 Å². The number of hydrogen-bond acceptors (Lipinski definition) is 4. The second-order valence-electron chi connectivity index (χ2n) is 5.12. The first-order valence-corrected chi connectivity index (χ1v) is 6.70. The van der Waals surface area contributed by atoms with Gasteiger partial charge in [0.15, 0.2) is 0 Å². The number of fused-ring (bicyclic) bond motifs is 1. The number of pyridine rings is 1. The summed E-state index contributed by atoms with van der Waals surface area (Å²) in [6.45, 7) is 2.24. The second kappa shape index (κ2) is 6.16. The molecule has 0 spiro atoms. The molecule has 1 heterocycles. The van der Waals surface area contributed by atoms with Crippen LogP contribution in [0.15, 0.2) is 6.07 Å². The van der Waals surface area contributed by atoms with E-state index >= 15 is 0 Å². The van der Waals surface area contributed by atoms with Gasteiger partial charge in [0.05, 0.1) is 6.61 Å². The third-order valence-electron chi connectivity index (χ3n) is 3.30. The highest BCUT2D eigenvalue weighted by Gasteiger charge is 2.16. The van der Waals surface area contributed by atoms with Gasteiger partial charge in [-0.2, -0.15) is 0 Å². The van der Waals surface area contributed by atoms with E-state index in [2.05, 4.69) is 30.0 Å². The van der Waals surface area contributed by atoms with Crippen molar-refractivity contribution in [1.82, 2.24) is 9.88 Å². The van der Waals surface area contributed by atoms with Crippen LogP contribution in [0, 0.1) is 0 Å². The van der Waals surface area contributed by atoms with Gasteiger partial charge in [-0.25, -0.2) is 4.98 Å². The SMILES string of the molecule is CN(C)CCCOc1nc2c(cc1CN)CCC2. The molecule has 0 fully saturated rings. The number of aryl methyl sites for hydroxylation is 2.